The van der Waals surface area contributed by atoms with Crippen molar-refractivity contribution in [3.8, 4) is 0 Å². The molecule has 0 radical (unpaired) electrons. The molecule has 0 unspecified atom stereocenters. The number of hydrogen-bond donors (Lipinski definition) is 2. The Morgan fingerprint density at radius 3 is 2.19 bits per heavy atom. The van der Waals surface area contributed by atoms with Crippen molar-refractivity contribution in [2.45, 2.75) is 38.6 Å². The average molecular weight is 394 g/mol. The highest BCUT2D eigenvalue weighted by molar-refractivity contribution is 6.36. The van der Waals surface area contributed by atoms with Crippen LogP contribution in [0.3, 0.4) is 0 Å². The van der Waals surface area contributed by atoms with Crippen LogP contribution >= 0.6 is 23.2 Å². The van der Waals surface area contributed by atoms with Crippen molar-refractivity contribution in [2.75, 3.05) is 0 Å². The second-order valence-electron chi connectivity index (χ2n) is 7.12. The zero-order valence-corrected chi connectivity index (χ0v) is 16.4. The summed E-state index contributed by atoms with van der Waals surface area (Å²) < 4.78 is 0. The van der Waals surface area contributed by atoms with Crippen LogP contribution in [0.5, 0.6) is 0 Å². The lowest BCUT2D eigenvalue weighted by atomic mass is 9.86. The normalized spacial score (nSPS) is 12.5. The molecule has 1 amide bonds. The van der Waals surface area contributed by atoms with Crippen molar-refractivity contribution < 1.29 is 14.7 Å². The van der Waals surface area contributed by atoms with Crippen LogP contribution in [0.1, 0.15) is 54.7 Å². The first-order valence-corrected chi connectivity index (χ1v) is 8.91. The fourth-order valence-corrected chi connectivity index (χ4v) is 3.05. The average Bonchev–Trinajstić information content (AvgIpc) is 2.53. The predicted octanol–water partition coefficient (Wildman–Crippen LogP) is 5.24. The third-order valence-corrected chi connectivity index (χ3v) is 4.59. The zero-order valence-electron chi connectivity index (χ0n) is 14.8. The van der Waals surface area contributed by atoms with E-state index in [0.717, 1.165) is 11.1 Å². The molecule has 1 atom stereocenters. The van der Waals surface area contributed by atoms with E-state index in [1.54, 1.807) is 6.07 Å². The lowest BCUT2D eigenvalue weighted by molar-refractivity contribution is -0.137. The van der Waals surface area contributed by atoms with Gasteiger partial charge in [0.1, 0.15) is 0 Å². The SMILES string of the molecule is CC(C)(C)c1ccc([C@@H](CC(=O)O)NC(=O)c2ccc(Cl)cc2Cl)cc1. The van der Waals surface area contributed by atoms with Gasteiger partial charge in [0, 0.05) is 5.02 Å². The molecule has 26 heavy (non-hydrogen) atoms. The van der Waals surface area contributed by atoms with Gasteiger partial charge in [0.05, 0.1) is 23.0 Å². The zero-order chi connectivity index (χ0) is 19.5. The van der Waals surface area contributed by atoms with Gasteiger partial charge >= 0.3 is 5.97 Å². The van der Waals surface area contributed by atoms with Gasteiger partial charge in [-0.1, -0.05) is 68.2 Å². The van der Waals surface area contributed by atoms with Gasteiger partial charge in [-0.05, 0) is 34.7 Å². The molecule has 0 saturated heterocycles. The van der Waals surface area contributed by atoms with Crippen LogP contribution in [-0.2, 0) is 10.2 Å². The number of rotatable bonds is 5. The number of hydrogen-bond acceptors (Lipinski definition) is 2. The van der Waals surface area contributed by atoms with E-state index in [1.165, 1.54) is 12.1 Å². The van der Waals surface area contributed by atoms with Crippen molar-refractivity contribution in [2.24, 2.45) is 0 Å². The summed E-state index contributed by atoms with van der Waals surface area (Å²) >= 11 is 11.9. The molecule has 138 valence electrons. The number of aliphatic carboxylic acids is 1. The van der Waals surface area contributed by atoms with E-state index in [4.69, 9.17) is 23.2 Å². The van der Waals surface area contributed by atoms with Gasteiger partial charge in [0.2, 0.25) is 0 Å². The van der Waals surface area contributed by atoms with E-state index >= 15 is 0 Å². The van der Waals surface area contributed by atoms with Crippen LogP contribution < -0.4 is 5.32 Å². The maximum Gasteiger partial charge on any atom is 0.305 e. The Labute approximate surface area is 163 Å². The summed E-state index contributed by atoms with van der Waals surface area (Å²) in [6, 6.07) is 11.5. The molecule has 4 nitrogen and oxygen atoms in total. The highest BCUT2D eigenvalue weighted by atomic mass is 35.5. The summed E-state index contributed by atoms with van der Waals surface area (Å²) in [4.78, 5) is 23.8. The highest BCUT2D eigenvalue weighted by Gasteiger charge is 2.21. The highest BCUT2D eigenvalue weighted by Crippen LogP contribution is 2.26. The van der Waals surface area contributed by atoms with Crippen LogP contribution in [0.4, 0.5) is 0 Å². The quantitative estimate of drug-likeness (QED) is 0.729. The van der Waals surface area contributed by atoms with Crippen molar-refractivity contribution in [3.63, 3.8) is 0 Å². The van der Waals surface area contributed by atoms with E-state index in [9.17, 15) is 14.7 Å². The van der Waals surface area contributed by atoms with Gasteiger partial charge in [-0.15, -0.1) is 0 Å². The lowest BCUT2D eigenvalue weighted by Gasteiger charge is -2.22. The van der Waals surface area contributed by atoms with Crippen molar-refractivity contribution in [3.05, 3.63) is 69.2 Å². The molecular formula is C20H21Cl2NO3. The van der Waals surface area contributed by atoms with E-state index < -0.39 is 17.9 Å². The summed E-state index contributed by atoms with van der Waals surface area (Å²) in [6.45, 7) is 6.29. The van der Waals surface area contributed by atoms with Gasteiger partial charge in [0.15, 0.2) is 0 Å². The lowest BCUT2D eigenvalue weighted by Crippen LogP contribution is -2.30. The summed E-state index contributed by atoms with van der Waals surface area (Å²) in [5.74, 6) is -1.45. The largest absolute Gasteiger partial charge is 0.481 e. The minimum Gasteiger partial charge on any atom is -0.481 e. The third-order valence-electron chi connectivity index (χ3n) is 4.04. The first-order chi connectivity index (χ1) is 12.1. The Bertz CT molecular complexity index is 811. The van der Waals surface area contributed by atoms with E-state index in [-0.39, 0.29) is 22.4 Å². The molecule has 0 aliphatic carbocycles. The summed E-state index contributed by atoms with van der Waals surface area (Å²) in [6.07, 6.45) is -0.230. The molecular weight excluding hydrogens is 373 g/mol. The van der Waals surface area contributed by atoms with Crippen LogP contribution in [0.25, 0.3) is 0 Å². The number of amides is 1. The minimum atomic E-state index is -1.00. The monoisotopic (exact) mass is 393 g/mol. The first-order valence-electron chi connectivity index (χ1n) is 8.16. The number of halogens is 2. The van der Waals surface area contributed by atoms with Crippen molar-refractivity contribution in [1.82, 2.24) is 5.32 Å². The maximum absolute atomic E-state index is 12.5. The molecule has 2 aromatic rings. The van der Waals surface area contributed by atoms with Gasteiger partial charge in [-0.3, -0.25) is 9.59 Å². The fourth-order valence-electron chi connectivity index (χ4n) is 2.55. The maximum atomic E-state index is 12.5. The Balaban J connectivity index is 2.27. The predicted molar refractivity (Wildman–Crippen MR) is 104 cm³/mol. The van der Waals surface area contributed by atoms with Gasteiger partial charge in [-0.25, -0.2) is 0 Å². The number of benzene rings is 2. The van der Waals surface area contributed by atoms with Crippen molar-refractivity contribution >= 4 is 35.1 Å². The van der Waals surface area contributed by atoms with Crippen LogP contribution in [0.2, 0.25) is 10.0 Å². The standard InChI is InChI=1S/C20H21Cl2NO3/c1-20(2,3)13-6-4-12(5-7-13)17(11-18(24)25)23-19(26)15-9-8-14(21)10-16(15)22/h4-10,17H,11H2,1-3H3,(H,23,26)(H,24,25)/t17-/m1/s1. The topological polar surface area (TPSA) is 66.4 Å². The Kier molecular flexibility index (Phi) is 6.32. The second-order valence-corrected chi connectivity index (χ2v) is 7.96. The minimum absolute atomic E-state index is 0.0130. The van der Waals surface area contributed by atoms with E-state index in [1.807, 2.05) is 24.3 Å². The van der Waals surface area contributed by atoms with Crippen LogP contribution in [0, 0.1) is 0 Å². The summed E-state index contributed by atoms with van der Waals surface area (Å²) in [5, 5.41) is 12.6. The Morgan fingerprint density at radius 2 is 1.69 bits per heavy atom. The molecule has 0 heterocycles. The number of carboxylic acids is 1. The molecule has 0 aliphatic heterocycles. The summed E-state index contributed by atoms with van der Waals surface area (Å²) in [7, 11) is 0. The number of carbonyl (C=O) groups is 2. The van der Waals surface area contributed by atoms with Crippen LogP contribution in [0.15, 0.2) is 42.5 Å². The molecule has 0 spiro atoms. The molecule has 0 fully saturated rings. The summed E-state index contributed by atoms with van der Waals surface area (Å²) in [5.41, 5.74) is 2.08. The third kappa shape index (κ3) is 5.23. The number of nitrogens with one attached hydrogen (secondary N) is 1. The van der Waals surface area contributed by atoms with Crippen LogP contribution in [-0.4, -0.2) is 17.0 Å². The Hall–Kier alpha value is -2.04. The van der Waals surface area contributed by atoms with Gasteiger partial charge in [-0.2, -0.15) is 0 Å². The van der Waals surface area contributed by atoms with E-state index in [2.05, 4.69) is 26.1 Å². The number of carboxylic acid groups (broad SMARTS) is 1. The van der Waals surface area contributed by atoms with Crippen molar-refractivity contribution in [1.29, 1.82) is 0 Å². The van der Waals surface area contributed by atoms with Gasteiger partial charge in [0.25, 0.3) is 5.91 Å². The first kappa shape index (κ1) is 20.3. The molecule has 0 bridgehead atoms. The smallest absolute Gasteiger partial charge is 0.305 e. The molecule has 0 saturated carbocycles. The Morgan fingerprint density at radius 1 is 1.08 bits per heavy atom. The molecule has 2 rings (SSSR count). The molecule has 6 heteroatoms. The molecule has 2 aromatic carbocycles. The second kappa shape index (κ2) is 8.11. The molecule has 2 N–H and O–H groups in total. The molecule has 0 aliphatic rings. The van der Waals surface area contributed by atoms with Gasteiger partial charge < -0.3 is 10.4 Å². The van der Waals surface area contributed by atoms with E-state index in [0.29, 0.717) is 5.02 Å². The number of carbonyl (C=O) groups excluding carboxylic acids is 1. The molecule has 0 aromatic heterocycles. The fraction of sp³-hybridized carbons (Fsp3) is 0.300.